The highest BCUT2D eigenvalue weighted by atomic mass is 32.1. The zero-order valence-electron chi connectivity index (χ0n) is 12.1. The number of thiocarbonyl (C=S) groups is 1. The largest absolute Gasteiger partial charge is 0.481 e. The van der Waals surface area contributed by atoms with Crippen molar-refractivity contribution in [1.29, 1.82) is 0 Å². The van der Waals surface area contributed by atoms with Crippen LogP contribution in [-0.4, -0.2) is 59.1 Å². The van der Waals surface area contributed by atoms with Crippen molar-refractivity contribution in [1.82, 2.24) is 14.8 Å². The Morgan fingerprint density at radius 3 is 2.70 bits per heavy atom. The summed E-state index contributed by atoms with van der Waals surface area (Å²) in [4.78, 5) is 9.75. The van der Waals surface area contributed by atoms with Crippen LogP contribution in [0, 0.1) is 0 Å². The van der Waals surface area contributed by atoms with Crippen LogP contribution in [0.25, 0.3) is 0 Å². The number of piperazine rings is 1. The predicted octanol–water partition coefficient (Wildman–Crippen LogP) is 0.882. The molecule has 0 aliphatic carbocycles. The summed E-state index contributed by atoms with van der Waals surface area (Å²) in [7, 11) is 1.64. The first-order valence-electron chi connectivity index (χ1n) is 6.86. The molecule has 0 radical (unpaired) electrons. The van der Waals surface area contributed by atoms with Crippen LogP contribution in [-0.2, 0) is 6.54 Å². The third kappa shape index (κ3) is 3.88. The molecule has 1 fully saturated rings. The van der Waals surface area contributed by atoms with Crippen molar-refractivity contribution >= 4 is 17.2 Å². The number of methoxy groups -OCH3 is 1. The Balaban J connectivity index is 1.86. The lowest BCUT2D eigenvalue weighted by Crippen LogP contribution is -2.52. The van der Waals surface area contributed by atoms with Crippen LogP contribution in [0.4, 0.5) is 0 Å². The molecule has 1 saturated heterocycles. The van der Waals surface area contributed by atoms with Crippen molar-refractivity contribution in [2.75, 3.05) is 33.3 Å². The molecule has 20 heavy (non-hydrogen) atoms. The highest BCUT2D eigenvalue weighted by Gasteiger charge is 2.22. The molecule has 1 aromatic heterocycles. The first-order valence-corrected chi connectivity index (χ1v) is 7.26. The van der Waals surface area contributed by atoms with E-state index in [1.54, 1.807) is 7.11 Å². The van der Waals surface area contributed by atoms with Gasteiger partial charge in [0.1, 0.15) is 0 Å². The minimum absolute atomic E-state index is 0.182. The second kappa shape index (κ2) is 6.97. The zero-order valence-corrected chi connectivity index (χ0v) is 12.9. The van der Waals surface area contributed by atoms with Gasteiger partial charge in [-0.1, -0.05) is 18.3 Å². The van der Waals surface area contributed by atoms with Gasteiger partial charge < -0.3 is 10.5 Å². The van der Waals surface area contributed by atoms with E-state index in [-0.39, 0.29) is 6.04 Å². The fraction of sp³-hybridized carbons (Fsp3) is 0.571. The standard InChI is InChI=1S/C14H22N4OS/c1-11(14(15)20)18-8-6-17(7-9-18)10-12-4-3-5-13(16-12)19-2/h3-5,11H,6-10H2,1-2H3,(H2,15,20). The number of ether oxygens (including phenoxy) is 1. The molecular weight excluding hydrogens is 272 g/mol. The molecule has 5 nitrogen and oxygen atoms in total. The first kappa shape index (κ1) is 15.2. The van der Waals surface area contributed by atoms with Crippen molar-refractivity contribution in [2.24, 2.45) is 5.73 Å². The van der Waals surface area contributed by atoms with Gasteiger partial charge in [-0.3, -0.25) is 9.80 Å². The van der Waals surface area contributed by atoms with E-state index in [2.05, 4.69) is 21.7 Å². The Morgan fingerprint density at radius 1 is 1.40 bits per heavy atom. The second-order valence-electron chi connectivity index (χ2n) is 5.06. The van der Waals surface area contributed by atoms with Crippen LogP contribution in [0.2, 0.25) is 0 Å². The van der Waals surface area contributed by atoms with Gasteiger partial charge in [0.2, 0.25) is 5.88 Å². The van der Waals surface area contributed by atoms with Gasteiger partial charge in [0, 0.05) is 38.8 Å². The molecule has 1 atom stereocenters. The summed E-state index contributed by atoms with van der Waals surface area (Å²) in [6.07, 6.45) is 0. The second-order valence-corrected chi connectivity index (χ2v) is 5.53. The molecule has 1 unspecified atom stereocenters. The van der Waals surface area contributed by atoms with Crippen molar-refractivity contribution < 1.29 is 4.74 Å². The van der Waals surface area contributed by atoms with Crippen LogP contribution in [0.1, 0.15) is 12.6 Å². The van der Waals surface area contributed by atoms with E-state index in [4.69, 9.17) is 22.7 Å². The number of aromatic nitrogens is 1. The summed E-state index contributed by atoms with van der Waals surface area (Å²) >= 11 is 5.06. The summed E-state index contributed by atoms with van der Waals surface area (Å²) in [5.41, 5.74) is 6.75. The van der Waals surface area contributed by atoms with Gasteiger partial charge in [-0.05, 0) is 13.0 Å². The fourth-order valence-electron chi connectivity index (χ4n) is 2.38. The van der Waals surface area contributed by atoms with E-state index in [1.807, 2.05) is 18.2 Å². The third-order valence-corrected chi connectivity index (χ3v) is 4.08. The predicted molar refractivity (Wildman–Crippen MR) is 83.9 cm³/mol. The van der Waals surface area contributed by atoms with E-state index >= 15 is 0 Å². The highest BCUT2D eigenvalue weighted by molar-refractivity contribution is 7.80. The number of nitrogens with zero attached hydrogens (tertiary/aromatic N) is 3. The van der Waals surface area contributed by atoms with Crippen LogP contribution >= 0.6 is 12.2 Å². The number of hydrogen-bond donors (Lipinski definition) is 1. The Morgan fingerprint density at radius 2 is 2.10 bits per heavy atom. The summed E-state index contributed by atoms with van der Waals surface area (Å²) in [6.45, 7) is 6.91. The van der Waals surface area contributed by atoms with E-state index in [1.165, 1.54) is 0 Å². The molecule has 0 bridgehead atoms. The number of rotatable bonds is 5. The third-order valence-electron chi connectivity index (χ3n) is 3.74. The lowest BCUT2D eigenvalue weighted by atomic mass is 10.2. The number of nitrogens with two attached hydrogens (primary N) is 1. The molecule has 0 amide bonds. The van der Waals surface area contributed by atoms with Gasteiger partial charge in [0.25, 0.3) is 0 Å². The lowest BCUT2D eigenvalue weighted by Gasteiger charge is -2.37. The molecule has 2 rings (SSSR count). The number of pyridine rings is 1. The van der Waals surface area contributed by atoms with Gasteiger partial charge in [-0.25, -0.2) is 4.98 Å². The Labute approximate surface area is 125 Å². The van der Waals surface area contributed by atoms with Crippen LogP contribution in [0.5, 0.6) is 5.88 Å². The van der Waals surface area contributed by atoms with Crippen molar-refractivity contribution in [3.63, 3.8) is 0 Å². The van der Waals surface area contributed by atoms with E-state index in [9.17, 15) is 0 Å². The van der Waals surface area contributed by atoms with Gasteiger partial charge >= 0.3 is 0 Å². The smallest absolute Gasteiger partial charge is 0.213 e. The Hall–Kier alpha value is -1.24. The number of hydrogen-bond acceptors (Lipinski definition) is 5. The quantitative estimate of drug-likeness (QED) is 0.814. The molecule has 0 aromatic carbocycles. The molecule has 1 aliphatic heterocycles. The fourth-order valence-corrected chi connectivity index (χ4v) is 2.53. The Bertz CT molecular complexity index is 460. The molecule has 6 heteroatoms. The molecule has 110 valence electrons. The van der Waals surface area contributed by atoms with E-state index in [0.717, 1.165) is 38.4 Å². The van der Waals surface area contributed by atoms with Gasteiger partial charge in [0.05, 0.1) is 23.8 Å². The minimum atomic E-state index is 0.182. The molecule has 1 aromatic rings. The molecule has 2 N–H and O–H groups in total. The van der Waals surface area contributed by atoms with Crippen molar-refractivity contribution in [3.05, 3.63) is 23.9 Å². The molecular formula is C14H22N4OS. The SMILES string of the molecule is COc1cccc(CN2CCN(C(C)C(N)=S)CC2)n1. The lowest BCUT2D eigenvalue weighted by molar-refractivity contribution is 0.117. The molecule has 2 heterocycles. The van der Waals surface area contributed by atoms with Gasteiger partial charge in [0.15, 0.2) is 0 Å². The average molecular weight is 294 g/mol. The average Bonchev–Trinajstić information content (AvgIpc) is 2.47. The van der Waals surface area contributed by atoms with E-state index < -0.39 is 0 Å². The van der Waals surface area contributed by atoms with E-state index in [0.29, 0.717) is 10.9 Å². The van der Waals surface area contributed by atoms with Gasteiger partial charge in [-0.15, -0.1) is 0 Å². The van der Waals surface area contributed by atoms with Crippen LogP contribution < -0.4 is 10.5 Å². The monoisotopic (exact) mass is 294 g/mol. The van der Waals surface area contributed by atoms with Crippen LogP contribution in [0.3, 0.4) is 0 Å². The Kier molecular flexibility index (Phi) is 5.28. The highest BCUT2D eigenvalue weighted by Crippen LogP contribution is 2.12. The summed E-state index contributed by atoms with van der Waals surface area (Å²) < 4.78 is 5.15. The van der Waals surface area contributed by atoms with Gasteiger partial charge in [-0.2, -0.15) is 0 Å². The maximum Gasteiger partial charge on any atom is 0.213 e. The molecule has 0 spiro atoms. The van der Waals surface area contributed by atoms with Crippen molar-refractivity contribution in [3.8, 4) is 5.88 Å². The minimum Gasteiger partial charge on any atom is -0.481 e. The van der Waals surface area contributed by atoms with Crippen molar-refractivity contribution in [2.45, 2.75) is 19.5 Å². The first-order chi connectivity index (χ1) is 9.60. The summed E-state index contributed by atoms with van der Waals surface area (Å²) in [5, 5.41) is 0. The summed E-state index contributed by atoms with van der Waals surface area (Å²) in [5.74, 6) is 0.670. The molecule has 0 saturated carbocycles. The zero-order chi connectivity index (χ0) is 14.5. The maximum atomic E-state index is 5.71. The maximum absolute atomic E-state index is 5.71. The topological polar surface area (TPSA) is 54.6 Å². The van der Waals surface area contributed by atoms with Crippen LogP contribution in [0.15, 0.2) is 18.2 Å². The normalized spacial score (nSPS) is 18.7. The molecule has 1 aliphatic rings. The summed E-state index contributed by atoms with van der Waals surface area (Å²) in [6, 6.07) is 6.06.